The summed E-state index contributed by atoms with van der Waals surface area (Å²) in [7, 11) is 1.62. The molecule has 1 N–H and O–H groups in total. The fourth-order valence-electron chi connectivity index (χ4n) is 2.67. The standard InChI is InChI=1S/C19H24N2O4/c1-4-21(14(2)15-7-5-8-16(13-15)24-3)18(22)10-11-20-19(23)17-9-6-12-25-17/h5-9,12-14H,4,10-11H2,1-3H3,(H,20,23). The van der Waals surface area contributed by atoms with Gasteiger partial charge in [0.25, 0.3) is 5.91 Å². The van der Waals surface area contributed by atoms with E-state index in [0.29, 0.717) is 6.54 Å². The first kappa shape index (κ1) is 18.6. The average molecular weight is 344 g/mol. The first-order chi connectivity index (χ1) is 12.1. The lowest BCUT2D eigenvalue weighted by Gasteiger charge is -2.28. The van der Waals surface area contributed by atoms with Crippen LogP contribution in [0.15, 0.2) is 47.1 Å². The fraction of sp³-hybridized carbons (Fsp3) is 0.368. The summed E-state index contributed by atoms with van der Waals surface area (Å²) in [5.74, 6) is 0.669. The molecular weight excluding hydrogens is 320 g/mol. The number of hydrogen-bond acceptors (Lipinski definition) is 4. The van der Waals surface area contributed by atoms with Gasteiger partial charge >= 0.3 is 0 Å². The predicted molar refractivity (Wildman–Crippen MR) is 94.5 cm³/mol. The monoisotopic (exact) mass is 344 g/mol. The molecule has 1 aromatic heterocycles. The van der Waals surface area contributed by atoms with Gasteiger partial charge in [-0.25, -0.2) is 0 Å². The van der Waals surface area contributed by atoms with E-state index in [2.05, 4.69) is 5.32 Å². The summed E-state index contributed by atoms with van der Waals surface area (Å²) in [5.41, 5.74) is 1.01. The van der Waals surface area contributed by atoms with Gasteiger partial charge in [0, 0.05) is 19.5 Å². The number of amides is 2. The van der Waals surface area contributed by atoms with Gasteiger partial charge in [0.05, 0.1) is 19.4 Å². The average Bonchev–Trinajstić information content (AvgIpc) is 3.17. The van der Waals surface area contributed by atoms with E-state index in [0.717, 1.165) is 11.3 Å². The lowest BCUT2D eigenvalue weighted by Crippen LogP contribution is -2.36. The number of methoxy groups -OCH3 is 1. The Labute approximate surface area is 147 Å². The summed E-state index contributed by atoms with van der Waals surface area (Å²) in [6.45, 7) is 4.77. The van der Waals surface area contributed by atoms with Gasteiger partial charge < -0.3 is 19.4 Å². The maximum atomic E-state index is 12.5. The molecule has 0 fully saturated rings. The highest BCUT2D eigenvalue weighted by atomic mass is 16.5. The third-order valence-corrected chi connectivity index (χ3v) is 4.07. The van der Waals surface area contributed by atoms with Crippen LogP contribution in [-0.4, -0.2) is 36.9 Å². The number of nitrogens with zero attached hydrogens (tertiary/aromatic N) is 1. The molecule has 1 unspecified atom stereocenters. The van der Waals surface area contributed by atoms with Crippen molar-refractivity contribution in [1.82, 2.24) is 10.2 Å². The fourth-order valence-corrected chi connectivity index (χ4v) is 2.67. The Hall–Kier alpha value is -2.76. The minimum atomic E-state index is -0.318. The molecule has 0 bridgehead atoms. The van der Waals surface area contributed by atoms with Gasteiger partial charge in [-0.1, -0.05) is 12.1 Å². The summed E-state index contributed by atoms with van der Waals surface area (Å²) in [4.78, 5) is 26.1. The van der Waals surface area contributed by atoms with E-state index < -0.39 is 0 Å². The topological polar surface area (TPSA) is 71.8 Å². The van der Waals surface area contributed by atoms with Crippen molar-refractivity contribution < 1.29 is 18.7 Å². The number of carbonyl (C=O) groups excluding carboxylic acids is 2. The van der Waals surface area contributed by atoms with E-state index in [1.165, 1.54) is 6.26 Å². The van der Waals surface area contributed by atoms with E-state index in [1.54, 1.807) is 24.1 Å². The van der Waals surface area contributed by atoms with Crippen LogP contribution in [-0.2, 0) is 4.79 Å². The van der Waals surface area contributed by atoms with Crippen LogP contribution >= 0.6 is 0 Å². The number of hydrogen-bond donors (Lipinski definition) is 1. The molecule has 2 aromatic rings. The van der Waals surface area contributed by atoms with E-state index in [-0.39, 0.29) is 36.6 Å². The molecule has 0 saturated heterocycles. The Morgan fingerprint density at radius 2 is 2.08 bits per heavy atom. The van der Waals surface area contributed by atoms with Gasteiger partial charge in [-0.15, -0.1) is 0 Å². The molecule has 0 aliphatic carbocycles. The smallest absolute Gasteiger partial charge is 0.286 e. The Kier molecular flexibility index (Phi) is 6.62. The Balaban J connectivity index is 1.92. The van der Waals surface area contributed by atoms with Crippen LogP contribution in [0, 0.1) is 0 Å². The van der Waals surface area contributed by atoms with Crippen LogP contribution in [0.2, 0.25) is 0 Å². The van der Waals surface area contributed by atoms with Gasteiger partial charge in [-0.05, 0) is 43.7 Å². The van der Waals surface area contributed by atoms with Crippen LogP contribution in [0.1, 0.15) is 42.4 Å². The van der Waals surface area contributed by atoms with Crippen molar-refractivity contribution in [2.75, 3.05) is 20.2 Å². The highest BCUT2D eigenvalue weighted by Crippen LogP contribution is 2.24. The molecule has 0 saturated carbocycles. The SMILES string of the molecule is CCN(C(=O)CCNC(=O)c1ccco1)C(C)c1cccc(OC)c1. The predicted octanol–water partition coefficient (Wildman–Crippen LogP) is 3.02. The molecule has 2 amide bonds. The summed E-state index contributed by atoms with van der Waals surface area (Å²) in [5, 5.41) is 2.69. The van der Waals surface area contributed by atoms with Crippen molar-refractivity contribution in [3.05, 3.63) is 54.0 Å². The molecule has 1 aromatic carbocycles. The van der Waals surface area contributed by atoms with Gasteiger partial charge in [0.15, 0.2) is 5.76 Å². The number of benzene rings is 1. The van der Waals surface area contributed by atoms with Crippen molar-refractivity contribution in [3.63, 3.8) is 0 Å². The summed E-state index contributed by atoms with van der Waals surface area (Å²) < 4.78 is 10.3. The van der Waals surface area contributed by atoms with E-state index >= 15 is 0 Å². The third kappa shape index (κ3) is 4.86. The van der Waals surface area contributed by atoms with Crippen molar-refractivity contribution in [1.29, 1.82) is 0 Å². The molecule has 0 aliphatic heterocycles. The Morgan fingerprint density at radius 1 is 1.28 bits per heavy atom. The van der Waals surface area contributed by atoms with Crippen molar-refractivity contribution in [2.45, 2.75) is 26.3 Å². The molecule has 6 heteroatoms. The number of rotatable bonds is 8. The second kappa shape index (κ2) is 8.92. The number of carbonyl (C=O) groups is 2. The molecule has 2 rings (SSSR count). The minimum absolute atomic E-state index is 0.0161. The van der Waals surface area contributed by atoms with Crippen molar-refractivity contribution in [3.8, 4) is 5.75 Å². The van der Waals surface area contributed by atoms with E-state index in [9.17, 15) is 9.59 Å². The van der Waals surface area contributed by atoms with Gasteiger partial charge in [-0.2, -0.15) is 0 Å². The molecule has 0 radical (unpaired) electrons. The molecule has 0 aliphatic rings. The quantitative estimate of drug-likeness (QED) is 0.799. The highest BCUT2D eigenvalue weighted by molar-refractivity contribution is 5.91. The molecular formula is C19H24N2O4. The molecule has 1 heterocycles. The zero-order valence-electron chi connectivity index (χ0n) is 14.8. The van der Waals surface area contributed by atoms with Crippen molar-refractivity contribution in [2.24, 2.45) is 0 Å². The van der Waals surface area contributed by atoms with Crippen molar-refractivity contribution >= 4 is 11.8 Å². The largest absolute Gasteiger partial charge is 0.497 e. The van der Waals surface area contributed by atoms with Gasteiger partial charge in [0.2, 0.25) is 5.91 Å². The molecule has 1 atom stereocenters. The van der Waals surface area contributed by atoms with Crippen LogP contribution in [0.5, 0.6) is 5.75 Å². The Morgan fingerprint density at radius 3 is 2.72 bits per heavy atom. The highest BCUT2D eigenvalue weighted by Gasteiger charge is 2.20. The molecule has 0 spiro atoms. The summed E-state index contributed by atoms with van der Waals surface area (Å²) in [6.07, 6.45) is 1.67. The third-order valence-electron chi connectivity index (χ3n) is 4.07. The number of furan rings is 1. The summed E-state index contributed by atoms with van der Waals surface area (Å²) >= 11 is 0. The zero-order valence-corrected chi connectivity index (χ0v) is 14.8. The van der Waals surface area contributed by atoms with Gasteiger partial charge in [0.1, 0.15) is 5.75 Å². The van der Waals surface area contributed by atoms with E-state index in [4.69, 9.17) is 9.15 Å². The Bertz CT molecular complexity index is 697. The first-order valence-electron chi connectivity index (χ1n) is 8.32. The van der Waals surface area contributed by atoms with Crippen LogP contribution in [0.4, 0.5) is 0 Å². The second-order valence-electron chi connectivity index (χ2n) is 5.62. The molecule has 134 valence electrons. The first-order valence-corrected chi connectivity index (χ1v) is 8.32. The maximum Gasteiger partial charge on any atom is 0.286 e. The van der Waals surface area contributed by atoms with Crippen LogP contribution in [0.3, 0.4) is 0 Å². The molecule has 6 nitrogen and oxygen atoms in total. The van der Waals surface area contributed by atoms with Crippen LogP contribution < -0.4 is 10.1 Å². The summed E-state index contributed by atoms with van der Waals surface area (Å²) in [6, 6.07) is 10.8. The molecule has 25 heavy (non-hydrogen) atoms. The van der Waals surface area contributed by atoms with Crippen LogP contribution in [0.25, 0.3) is 0 Å². The number of nitrogens with one attached hydrogen (secondary N) is 1. The lowest BCUT2D eigenvalue weighted by molar-refractivity contribution is -0.133. The van der Waals surface area contributed by atoms with Gasteiger partial charge in [-0.3, -0.25) is 9.59 Å². The lowest BCUT2D eigenvalue weighted by atomic mass is 10.1. The maximum absolute atomic E-state index is 12.5. The zero-order chi connectivity index (χ0) is 18.2. The number of ether oxygens (including phenoxy) is 1. The normalized spacial score (nSPS) is 11.6. The minimum Gasteiger partial charge on any atom is -0.497 e. The second-order valence-corrected chi connectivity index (χ2v) is 5.62. The van der Waals surface area contributed by atoms with E-state index in [1.807, 2.05) is 38.1 Å².